The summed E-state index contributed by atoms with van der Waals surface area (Å²) in [6.45, 7) is 4.06. The van der Waals surface area contributed by atoms with Crippen molar-refractivity contribution in [2.24, 2.45) is 5.73 Å². The summed E-state index contributed by atoms with van der Waals surface area (Å²) in [4.78, 5) is 5.96. The number of hydrogen-bond donors (Lipinski definition) is 1. The van der Waals surface area contributed by atoms with E-state index in [9.17, 15) is 17.6 Å². The van der Waals surface area contributed by atoms with Gasteiger partial charge >= 0.3 is 6.18 Å². The zero-order valence-electron chi connectivity index (χ0n) is 19.1. The van der Waals surface area contributed by atoms with Crippen molar-refractivity contribution < 1.29 is 22.3 Å². The highest BCUT2D eigenvalue weighted by Gasteiger charge is 2.46. The van der Waals surface area contributed by atoms with Crippen LogP contribution in [0.15, 0.2) is 42.6 Å². The van der Waals surface area contributed by atoms with E-state index in [1.165, 1.54) is 39.8 Å². The number of hydrogen-bond acceptors (Lipinski definition) is 6. The molecule has 3 aromatic heterocycles. The zero-order valence-corrected chi connectivity index (χ0v) is 19.1. The largest absolute Gasteiger partial charge is 0.489 e. The third-order valence-electron chi connectivity index (χ3n) is 5.99. The van der Waals surface area contributed by atoms with E-state index in [0.717, 1.165) is 0 Å². The van der Waals surface area contributed by atoms with E-state index in [2.05, 4.69) is 15.2 Å². The predicted molar refractivity (Wildman–Crippen MR) is 122 cm³/mol. The predicted octanol–water partition coefficient (Wildman–Crippen LogP) is 4.51. The molecule has 184 valence electrons. The number of pyridine rings is 2. The van der Waals surface area contributed by atoms with Gasteiger partial charge in [-0.1, -0.05) is 12.1 Å². The third-order valence-corrected chi connectivity index (χ3v) is 5.99. The molecule has 0 unspecified atom stereocenters. The highest BCUT2D eigenvalue weighted by Crippen LogP contribution is 2.39. The summed E-state index contributed by atoms with van der Waals surface area (Å²) in [5.41, 5.74) is 7.11. The molecule has 11 heteroatoms. The molecule has 5 rings (SSSR count). The molecule has 4 aromatic rings. The Balaban J connectivity index is 1.61. The van der Waals surface area contributed by atoms with Crippen molar-refractivity contribution in [1.29, 1.82) is 0 Å². The second-order valence-corrected chi connectivity index (χ2v) is 9.04. The number of rotatable bonds is 5. The van der Waals surface area contributed by atoms with Crippen LogP contribution in [0.4, 0.5) is 17.6 Å². The molecule has 1 aliphatic rings. The van der Waals surface area contributed by atoms with Gasteiger partial charge in [0.15, 0.2) is 11.5 Å². The van der Waals surface area contributed by atoms with E-state index in [1.54, 1.807) is 12.1 Å². The lowest BCUT2D eigenvalue weighted by atomic mass is 10.1. The van der Waals surface area contributed by atoms with E-state index in [1.807, 2.05) is 13.8 Å². The second-order valence-electron chi connectivity index (χ2n) is 9.04. The van der Waals surface area contributed by atoms with Gasteiger partial charge in [-0.15, -0.1) is 10.2 Å². The number of nitrogens with zero attached hydrogens (tertiary/aromatic N) is 5. The summed E-state index contributed by atoms with van der Waals surface area (Å²) in [5.74, 6) is 0.0802. The molecule has 1 saturated heterocycles. The number of likely N-dealkylation sites (tertiary alicyclic amines) is 1. The summed E-state index contributed by atoms with van der Waals surface area (Å²) in [7, 11) is 0. The quantitative estimate of drug-likeness (QED) is 0.417. The molecule has 0 saturated carbocycles. The molecular formula is C24H24F4N6O. The number of fused-ring (bicyclic) bond motifs is 2. The molecule has 0 amide bonds. The van der Waals surface area contributed by atoms with Crippen LogP contribution in [0, 0.1) is 5.82 Å². The lowest BCUT2D eigenvalue weighted by Crippen LogP contribution is -2.38. The maximum Gasteiger partial charge on any atom is 0.408 e. The molecule has 1 fully saturated rings. The van der Waals surface area contributed by atoms with Gasteiger partial charge in [0.05, 0.1) is 6.10 Å². The Morgan fingerprint density at radius 3 is 2.60 bits per heavy atom. The fourth-order valence-electron chi connectivity index (χ4n) is 4.54. The first kappa shape index (κ1) is 23.4. The molecule has 7 nitrogen and oxygen atoms in total. The van der Waals surface area contributed by atoms with E-state index >= 15 is 0 Å². The van der Waals surface area contributed by atoms with Crippen molar-refractivity contribution in [2.75, 3.05) is 13.1 Å². The number of ether oxygens (including phenoxy) is 1. The van der Waals surface area contributed by atoms with Crippen LogP contribution >= 0.6 is 0 Å². The van der Waals surface area contributed by atoms with Gasteiger partial charge in [-0.3, -0.25) is 9.30 Å². The van der Waals surface area contributed by atoms with Gasteiger partial charge in [-0.2, -0.15) is 13.2 Å². The van der Waals surface area contributed by atoms with Crippen LogP contribution in [0.25, 0.3) is 28.1 Å². The van der Waals surface area contributed by atoms with Crippen LogP contribution in [0.2, 0.25) is 0 Å². The van der Waals surface area contributed by atoms with Gasteiger partial charge in [-0.05, 0) is 44.0 Å². The first-order valence-corrected chi connectivity index (χ1v) is 11.3. The smallest absolute Gasteiger partial charge is 0.408 e. The minimum atomic E-state index is -4.49. The minimum absolute atomic E-state index is 0.0619. The number of nitrogens with two attached hydrogens (primary N) is 1. The summed E-state index contributed by atoms with van der Waals surface area (Å²) in [6.07, 6.45) is -2.79. The summed E-state index contributed by atoms with van der Waals surface area (Å²) in [5, 5.41) is 8.80. The van der Waals surface area contributed by atoms with Crippen molar-refractivity contribution in [2.45, 2.75) is 44.6 Å². The fraction of sp³-hybridized carbons (Fsp3) is 0.375. The highest BCUT2D eigenvalue weighted by atomic mass is 19.4. The number of halogens is 4. The lowest BCUT2D eigenvalue weighted by Gasteiger charge is -2.30. The zero-order chi connectivity index (χ0) is 24.9. The van der Waals surface area contributed by atoms with Gasteiger partial charge < -0.3 is 10.5 Å². The number of aromatic nitrogens is 4. The average Bonchev–Trinajstić information content (AvgIpc) is 3.38. The van der Waals surface area contributed by atoms with Crippen LogP contribution in [0.1, 0.15) is 31.9 Å². The van der Waals surface area contributed by atoms with Crippen LogP contribution in [0.5, 0.6) is 5.75 Å². The molecule has 0 radical (unpaired) electrons. The Hall–Kier alpha value is -3.31. The van der Waals surface area contributed by atoms with Gasteiger partial charge in [-0.25, -0.2) is 9.37 Å². The van der Waals surface area contributed by atoms with Gasteiger partial charge in [0.2, 0.25) is 0 Å². The van der Waals surface area contributed by atoms with Crippen LogP contribution in [-0.2, 0) is 0 Å². The normalized spacial score (nSPS) is 18.1. The van der Waals surface area contributed by atoms with Crippen molar-refractivity contribution in [3.05, 3.63) is 54.0 Å². The number of alkyl halides is 3. The van der Waals surface area contributed by atoms with Gasteiger partial charge in [0.25, 0.3) is 0 Å². The van der Waals surface area contributed by atoms with Crippen molar-refractivity contribution in [3.8, 4) is 17.3 Å². The summed E-state index contributed by atoms with van der Waals surface area (Å²) < 4.78 is 63.6. The Bertz CT molecular complexity index is 1390. The van der Waals surface area contributed by atoms with E-state index in [-0.39, 0.29) is 42.4 Å². The van der Waals surface area contributed by atoms with Crippen molar-refractivity contribution >= 4 is 16.6 Å². The third kappa shape index (κ3) is 4.53. The molecule has 1 aliphatic heterocycles. The fourth-order valence-corrected chi connectivity index (χ4v) is 4.54. The maximum atomic E-state index is 14.1. The molecular weight excluding hydrogens is 464 g/mol. The van der Waals surface area contributed by atoms with Crippen LogP contribution in [-0.4, -0.2) is 55.9 Å². The Morgan fingerprint density at radius 1 is 1.11 bits per heavy atom. The first-order valence-electron chi connectivity index (χ1n) is 11.3. The maximum absolute atomic E-state index is 14.1. The molecule has 2 atom stereocenters. The van der Waals surface area contributed by atoms with E-state index in [4.69, 9.17) is 10.5 Å². The van der Waals surface area contributed by atoms with Crippen molar-refractivity contribution in [3.63, 3.8) is 0 Å². The molecule has 0 bridgehead atoms. The highest BCUT2D eigenvalue weighted by molar-refractivity contribution is 5.86. The van der Waals surface area contributed by atoms with E-state index in [0.29, 0.717) is 28.7 Å². The van der Waals surface area contributed by atoms with Gasteiger partial charge in [0.1, 0.15) is 28.8 Å². The number of benzene rings is 1. The SMILES string of the molecule is CC(C)Oc1cc(F)cc2ccc(-c3nnc4ccc([C@@H](N5CC[C@H](N)C5)C(F)(F)F)cn34)nc12. The Kier molecular flexibility index (Phi) is 5.84. The van der Waals surface area contributed by atoms with Crippen molar-refractivity contribution in [1.82, 2.24) is 24.5 Å². The van der Waals surface area contributed by atoms with Gasteiger partial charge in [0, 0.05) is 36.8 Å². The molecule has 1 aromatic carbocycles. The summed E-state index contributed by atoms with van der Waals surface area (Å²) >= 11 is 0. The van der Waals surface area contributed by atoms with E-state index < -0.39 is 18.0 Å². The molecule has 2 N–H and O–H groups in total. The molecule has 4 heterocycles. The molecule has 0 aliphatic carbocycles. The standard InChI is InChI=1S/C24H24F4N6O/c1-13(2)35-19-10-16(25)9-14-3-5-18(30-21(14)19)23-32-31-20-6-4-15(11-34(20)23)22(24(26,27)28)33-8-7-17(29)12-33/h3-6,9-11,13,17,22H,7-8,12,29H2,1-2H3/t17-,22+/m0/s1. The second kappa shape index (κ2) is 8.72. The average molecular weight is 488 g/mol. The van der Waals surface area contributed by atoms with Crippen LogP contribution < -0.4 is 10.5 Å². The van der Waals surface area contributed by atoms with Crippen LogP contribution in [0.3, 0.4) is 0 Å². The Morgan fingerprint density at radius 2 is 1.91 bits per heavy atom. The minimum Gasteiger partial charge on any atom is -0.489 e. The lowest BCUT2D eigenvalue weighted by molar-refractivity contribution is -0.183. The monoisotopic (exact) mass is 488 g/mol. The topological polar surface area (TPSA) is 81.6 Å². The Labute approximate surface area is 198 Å². The summed E-state index contributed by atoms with van der Waals surface area (Å²) in [6, 6.07) is 6.73. The molecule has 0 spiro atoms. The first-order chi connectivity index (χ1) is 16.6. The molecule has 35 heavy (non-hydrogen) atoms.